The zero-order valence-electron chi connectivity index (χ0n) is 12.4. The summed E-state index contributed by atoms with van der Waals surface area (Å²) in [6.45, 7) is 3.90. The van der Waals surface area contributed by atoms with Crippen LogP contribution in [0.15, 0.2) is 42.5 Å². The Kier molecular flexibility index (Phi) is 4.48. The van der Waals surface area contributed by atoms with Crippen molar-refractivity contribution in [3.63, 3.8) is 0 Å². The molecule has 2 aromatic rings. The molecule has 0 aromatic heterocycles. The van der Waals surface area contributed by atoms with Crippen LogP contribution in [0, 0.1) is 6.92 Å². The van der Waals surface area contributed by atoms with E-state index < -0.39 is 0 Å². The smallest absolute Gasteiger partial charge is 0.337 e. The predicted molar refractivity (Wildman–Crippen MR) is 82.7 cm³/mol. The first-order valence-corrected chi connectivity index (χ1v) is 6.76. The number of carbonyl (C=O) groups excluding carboxylic acids is 1. The summed E-state index contributed by atoms with van der Waals surface area (Å²) >= 11 is 0. The van der Waals surface area contributed by atoms with Gasteiger partial charge in [0.15, 0.2) is 0 Å². The van der Waals surface area contributed by atoms with Gasteiger partial charge in [-0.05, 0) is 43.7 Å². The van der Waals surface area contributed by atoms with Gasteiger partial charge < -0.3 is 15.2 Å². The van der Waals surface area contributed by atoms with Crippen molar-refractivity contribution in [3.8, 4) is 5.75 Å². The molecule has 0 heterocycles. The normalized spacial score (nSPS) is 11.8. The maximum atomic E-state index is 11.5. The van der Waals surface area contributed by atoms with Gasteiger partial charge in [-0.2, -0.15) is 0 Å². The lowest BCUT2D eigenvalue weighted by atomic mass is 10.0. The largest absolute Gasteiger partial charge is 0.508 e. The Labute approximate surface area is 124 Å². The van der Waals surface area contributed by atoms with Crippen molar-refractivity contribution in [1.29, 1.82) is 0 Å². The van der Waals surface area contributed by atoms with Crippen LogP contribution in [0.5, 0.6) is 5.75 Å². The van der Waals surface area contributed by atoms with E-state index in [1.807, 2.05) is 32.0 Å². The maximum Gasteiger partial charge on any atom is 0.337 e. The molecule has 4 nitrogen and oxygen atoms in total. The number of anilines is 1. The Morgan fingerprint density at radius 1 is 1.24 bits per heavy atom. The van der Waals surface area contributed by atoms with Crippen molar-refractivity contribution < 1.29 is 14.6 Å². The second kappa shape index (κ2) is 6.31. The maximum absolute atomic E-state index is 11.5. The quantitative estimate of drug-likeness (QED) is 0.842. The van der Waals surface area contributed by atoms with E-state index >= 15 is 0 Å². The molecule has 0 bridgehead atoms. The predicted octanol–water partition coefficient (Wildman–Crippen LogP) is 3.66. The first-order valence-electron chi connectivity index (χ1n) is 6.76. The van der Waals surface area contributed by atoms with E-state index in [0.717, 1.165) is 16.8 Å². The molecule has 0 radical (unpaired) electrons. The summed E-state index contributed by atoms with van der Waals surface area (Å²) in [6, 6.07) is 12.5. The van der Waals surface area contributed by atoms with Crippen molar-refractivity contribution in [2.45, 2.75) is 19.9 Å². The molecular formula is C17H19NO3. The minimum absolute atomic E-state index is 0.0473. The fourth-order valence-electron chi connectivity index (χ4n) is 2.24. The van der Waals surface area contributed by atoms with Gasteiger partial charge in [0, 0.05) is 11.3 Å². The van der Waals surface area contributed by atoms with E-state index in [4.69, 9.17) is 4.74 Å². The first kappa shape index (κ1) is 14.9. The standard InChI is InChI=1S/C17H19NO3/c1-11-10-13(17(20)21-3)8-9-15(11)18-12(2)14-6-4-5-7-16(14)19/h4-10,12,18-19H,1-3H3. The lowest BCUT2D eigenvalue weighted by Gasteiger charge is -2.18. The molecule has 2 rings (SSSR count). The van der Waals surface area contributed by atoms with Crippen molar-refractivity contribution >= 4 is 11.7 Å². The fraction of sp³-hybridized carbons (Fsp3) is 0.235. The van der Waals surface area contributed by atoms with Crippen molar-refractivity contribution in [2.75, 3.05) is 12.4 Å². The van der Waals surface area contributed by atoms with Gasteiger partial charge in [0.1, 0.15) is 5.75 Å². The second-order valence-corrected chi connectivity index (χ2v) is 4.95. The number of aromatic hydroxyl groups is 1. The number of methoxy groups -OCH3 is 1. The number of hydrogen-bond acceptors (Lipinski definition) is 4. The number of esters is 1. The molecule has 0 saturated carbocycles. The van der Waals surface area contributed by atoms with Crippen LogP contribution in [0.25, 0.3) is 0 Å². The Morgan fingerprint density at radius 2 is 1.95 bits per heavy atom. The summed E-state index contributed by atoms with van der Waals surface area (Å²) in [5.41, 5.74) is 3.21. The van der Waals surface area contributed by atoms with Crippen LogP contribution < -0.4 is 5.32 Å². The number of benzene rings is 2. The molecule has 4 heteroatoms. The third-order valence-corrected chi connectivity index (χ3v) is 3.42. The average Bonchev–Trinajstić information content (AvgIpc) is 2.48. The summed E-state index contributed by atoms with van der Waals surface area (Å²) in [4.78, 5) is 11.5. The molecule has 0 aliphatic carbocycles. The van der Waals surface area contributed by atoms with Gasteiger partial charge in [-0.15, -0.1) is 0 Å². The second-order valence-electron chi connectivity index (χ2n) is 4.95. The number of nitrogens with one attached hydrogen (secondary N) is 1. The van der Waals surface area contributed by atoms with Gasteiger partial charge in [-0.3, -0.25) is 0 Å². The average molecular weight is 285 g/mol. The first-order chi connectivity index (χ1) is 10.0. The van der Waals surface area contributed by atoms with Gasteiger partial charge in [0.05, 0.1) is 18.7 Å². The molecule has 0 fully saturated rings. The minimum Gasteiger partial charge on any atom is -0.508 e. The lowest BCUT2D eigenvalue weighted by molar-refractivity contribution is 0.0600. The summed E-state index contributed by atoms with van der Waals surface area (Å²) in [6.07, 6.45) is 0. The Morgan fingerprint density at radius 3 is 2.57 bits per heavy atom. The molecule has 0 aliphatic rings. The van der Waals surface area contributed by atoms with Crippen molar-refractivity contribution in [1.82, 2.24) is 0 Å². The van der Waals surface area contributed by atoms with E-state index in [1.165, 1.54) is 7.11 Å². The highest BCUT2D eigenvalue weighted by Crippen LogP contribution is 2.28. The van der Waals surface area contributed by atoms with Gasteiger partial charge >= 0.3 is 5.97 Å². The molecule has 110 valence electrons. The number of para-hydroxylation sites is 1. The highest BCUT2D eigenvalue weighted by atomic mass is 16.5. The molecule has 2 N–H and O–H groups in total. The van der Waals surface area contributed by atoms with E-state index in [9.17, 15) is 9.90 Å². The van der Waals surface area contributed by atoms with Crippen LogP contribution in [0.1, 0.15) is 34.5 Å². The third-order valence-electron chi connectivity index (χ3n) is 3.42. The van der Waals surface area contributed by atoms with Crippen LogP contribution >= 0.6 is 0 Å². The Balaban J connectivity index is 2.20. The molecule has 2 aromatic carbocycles. The van der Waals surface area contributed by atoms with Crippen molar-refractivity contribution in [2.24, 2.45) is 0 Å². The summed E-state index contributed by atoms with van der Waals surface area (Å²) in [5, 5.41) is 13.2. The summed E-state index contributed by atoms with van der Waals surface area (Å²) < 4.78 is 4.70. The number of carbonyl (C=O) groups is 1. The molecule has 0 spiro atoms. The lowest BCUT2D eigenvalue weighted by Crippen LogP contribution is -2.09. The molecule has 0 aliphatic heterocycles. The number of aryl methyl sites for hydroxylation is 1. The highest BCUT2D eigenvalue weighted by Gasteiger charge is 2.12. The van der Waals surface area contributed by atoms with E-state index in [-0.39, 0.29) is 17.8 Å². The molecular weight excluding hydrogens is 266 g/mol. The fourth-order valence-corrected chi connectivity index (χ4v) is 2.24. The number of rotatable bonds is 4. The minimum atomic E-state index is -0.349. The zero-order valence-corrected chi connectivity index (χ0v) is 12.4. The Hall–Kier alpha value is -2.49. The van der Waals surface area contributed by atoms with Crippen LogP contribution in [0.4, 0.5) is 5.69 Å². The van der Waals surface area contributed by atoms with Crippen LogP contribution in [-0.4, -0.2) is 18.2 Å². The molecule has 1 atom stereocenters. The zero-order chi connectivity index (χ0) is 15.4. The third kappa shape index (κ3) is 3.34. The SMILES string of the molecule is COC(=O)c1ccc(NC(C)c2ccccc2O)c(C)c1. The van der Waals surface area contributed by atoms with E-state index in [1.54, 1.807) is 24.3 Å². The van der Waals surface area contributed by atoms with Crippen LogP contribution in [0.3, 0.4) is 0 Å². The van der Waals surface area contributed by atoms with Gasteiger partial charge in [-0.25, -0.2) is 4.79 Å². The monoisotopic (exact) mass is 285 g/mol. The van der Waals surface area contributed by atoms with Gasteiger partial charge in [0.2, 0.25) is 0 Å². The topological polar surface area (TPSA) is 58.6 Å². The van der Waals surface area contributed by atoms with Crippen LogP contribution in [-0.2, 0) is 4.74 Å². The molecule has 21 heavy (non-hydrogen) atoms. The number of ether oxygens (including phenoxy) is 1. The van der Waals surface area contributed by atoms with E-state index in [2.05, 4.69) is 5.32 Å². The van der Waals surface area contributed by atoms with Crippen LogP contribution in [0.2, 0.25) is 0 Å². The summed E-state index contributed by atoms with van der Waals surface area (Å²) in [7, 11) is 1.37. The van der Waals surface area contributed by atoms with Gasteiger partial charge in [-0.1, -0.05) is 18.2 Å². The molecule has 0 amide bonds. The van der Waals surface area contributed by atoms with E-state index in [0.29, 0.717) is 5.56 Å². The number of phenols is 1. The number of phenolic OH excluding ortho intramolecular Hbond substituents is 1. The molecule has 0 saturated heterocycles. The number of hydrogen-bond donors (Lipinski definition) is 2. The summed E-state index contributed by atoms with van der Waals surface area (Å²) in [5.74, 6) is -0.0836. The van der Waals surface area contributed by atoms with Crippen molar-refractivity contribution in [3.05, 3.63) is 59.2 Å². The molecule has 1 unspecified atom stereocenters. The Bertz CT molecular complexity index is 652. The highest BCUT2D eigenvalue weighted by molar-refractivity contribution is 5.90. The van der Waals surface area contributed by atoms with Gasteiger partial charge in [0.25, 0.3) is 0 Å².